The highest BCUT2D eigenvalue weighted by atomic mass is 19.4. The molecular formula is C14H19F3N2O. The fourth-order valence-electron chi connectivity index (χ4n) is 2.43. The number of hydrogen-bond donors (Lipinski definition) is 1. The smallest absolute Gasteiger partial charge is 0.416 e. The molecule has 1 N–H and O–H groups in total. The van der Waals surface area contributed by atoms with Gasteiger partial charge in [-0.2, -0.15) is 13.2 Å². The number of ether oxygens (including phenoxy) is 1. The fourth-order valence-corrected chi connectivity index (χ4v) is 2.43. The van der Waals surface area contributed by atoms with Gasteiger partial charge in [0.1, 0.15) is 5.75 Å². The number of piperazine rings is 1. The second-order valence-corrected chi connectivity index (χ2v) is 4.95. The van der Waals surface area contributed by atoms with E-state index in [0.717, 1.165) is 32.2 Å². The molecule has 0 unspecified atom stereocenters. The lowest BCUT2D eigenvalue weighted by atomic mass is 10.0. The summed E-state index contributed by atoms with van der Waals surface area (Å²) < 4.78 is 43.7. The number of nitrogens with one attached hydrogen (secondary N) is 1. The van der Waals surface area contributed by atoms with Crippen molar-refractivity contribution in [2.45, 2.75) is 19.1 Å². The van der Waals surface area contributed by atoms with Gasteiger partial charge in [0.15, 0.2) is 0 Å². The Morgan fingerprint density at radius 1 is 1.20 bits per heavy atom. The average Bonchev–Trinajstić information content (AvgIpc) is 2.46. The first-order valence-electron chi connectivity index (χ1n) is 6.63. The first-order chi connectivity index (χ1) is 9.41. The van der Waals surface area contributed by atoms with Crippen molar-refractivity contribution in [3.63, 3.8) is 0 Å². The third-order valence-corrected chi connectivity index (χ3v) is 3.67. The zero-order valence-electron chi connectivity index (χ0n) is 11.6. The van der Waals surface area contributed by atoms with Gasteiger partial charge in [0, 0.05) is 32.2 Å². The molecule has 0 aliphatic carbocycles. The average molecular weight is 288 g/mol. The van der Waals surface area contributed by atoms with E-state index in [2.05, 4.69) is 10.2 Å². The van der Waals surface area contributed by atoms with Gasteiger partial charge in [-0.05, 0) is 30.7 Å². The molecule has 1 atom stereocenters. The van der Waals surface area contributed by atoms with Crippen molar-refractivity contribution in [3.05, 3.63) is 29.3 Å². The number of halogens is 3. The van der Waals surface area contributed by atoms with Crippen LogP contribution in [0.5, 0.6) is 5.75 Å². The SMILES string of the molecule is COc1cc([C@H](C)N2CCNCC2)cc(C(F)(F)F)c1. The molecule has 0 amide bonds. The Balaban J connectivity index is 2.29. The Labute approximate surface area is 116 Å². The Morgan fingerprint density at radius 2 is 1.85 bits per heavy atom. The van der Waals surface area contributed by atoms with Crippen molar-refractivity contribution < 1.29 is 17.9 Å². The Bertz CT molecular complexity index is 456. The Kier molecular flexibility index (Phi) is 4.55. The lowest BCUT2D eigenvalue weighted by molar-refractivity contribution is -0.137. The maximum Gasteiger partial charge on any atom is 0.416 e. The van der Waals surface area contributed by atoms with Gasteiger partial charge in [-0.25, -0.2) is 0 Å². The fraction of sp³-hybridized carbons (Fsp3) is 0.571. The minimum atomic E-state index is -4.35. The molecule has 1 saturated heterocycles. The van der Waals surface area contributed by atoms with Crippen LogP contribution in [0.15, 0.2) is 18.2 Å². The summed E-state index contributed by atoms with van der Waals surface area (Å²) in [7, 11) is 1.38. The summed E-state index contributed by atoms with van der Waals surface area (Å²) in [5.74, 6) is 0.247. The minimum Gasteiger partial charge on any atom is -0.497 e. The van der Waals surface area contributed by atoms with Gasteiger partial charge in [-0.1, -0.05) is 0 Å². The molecule has 0 saturated carbocycles. The number of alkyl halides is 3. The van der Waals surface area contributed by atoms with Crippen LogP contribution < -0.4 is 10.1 Å². The highest BCUT2D eigenvalue weighted by Gasteiger charge is 2.32. The highest BCUT2D eigenvalue weighted by Crippen LogP contribution is 2.35. The van der Waals surface area contributed by atoms with Crippen LogP contribution in [0.25, 0.3) is 0 Å². The summed E-state index contributed by atoms with van der Waals surface area (Å²) in [5, 5.41) is 3.23. The van der Waals surface area contributed by atoms with Crippen molar-refractivity contribution >= 4 is 0 Å². The summed E-state index contributed by atoms with van der Waals surface area (Å²) in [6.45, 7) is 5.32. The normalized spacial score (nSPS) is 18.9. The molecule has 1 aromatic rings. The quantitative estimate of drug-likeness (QED) is 0.925. The second kappa shape index (κ2) is 6.01. The maximum absolute atomic E-state index is 12.9. The maximum atomic E-state index is 12.9. The summed E-state index contributed by atoms with van der Waals surface area (Å²) in [5.41, 5.74) is -0.0209. The molecule has 1 fully saturated rings. The summed E-state index contributed by atoms with van der Waals surface area (Å²) in [6, 6.07) is 3.87. The Morgan fingerprint density at radius 3 is 2.40 bits per heavy atom. The molecule has 0 aromatic heterocycles. The van der Waals surface area contributed by atoms with E-state index in [1.165, 1.54) is 13.2 Å². The molecule has 1 aliphatic heterocycles. The van der Waals surface area contributed by atoms with Crippen LogP contribution >= 0.6 is 0 Å². The van der Waals surface area contributed by atoms with Crippen LogP contribution in [0.4, 0.5) is 13.2 Å². The van der Waals surface area contributed by atoms with Crippen LogP contribution in [0.1, 0.15) is 24.1 Å². The van der Waals surface area contributed by atoms with Gasteiger partial charge in [0.25, 0.3) is 0 Å². The van der Waals surface area contributed by atoms with Crippen molar-refractivity contribution in [1.29, 1.82) is 0 Å². The summed E-state index contributed by atoms with van der Waals surface area (Å²) in [4.78, 5) is 2.17. The van der Waals surface area contributed by atoms with E-state index in [-0.39, 0.29) is 11.8 Å². The first kappa shape index (κ1) is 15.1. The monoisotopic (exact) mass is 288 g/mol. The van der Waals surface area contributed by atoms with Crippen LogP contribution in [0, 0.1) is 0 Å². The zero-order valence-corrected chi connectivity index (χ0v) is 11.6. The van der Waals surface area contributed by atoms with Gasteiger partial charge in [-0.3, -0.25) is 4.90 Å². The molecule has 6 heteroatoms. The third-order valence-electron chi connectivity index (χ3n) is 3.67. The molecule has 112 valence electrons. The summed E-state index contributed by atoms with van der Waals surface area (Å²) in [6.07, 6.45) is -4.35. The van der Waals surface area contributed by atoms with Gasteiger partial charge >= 0.3 is 6.18 Å². The van der Waals surface area contributed by atoms with Crippen molar-refractivity contribution in [3.8, 4) is 5.75 Å². The molecule has 20 heavy (non-hydrogen) atoms. The molecule has 2 rings (SSSR count). The molecule has 0 bridgehead atoms. The number of benzene rings is 1. The number of hydrogen-bond acceptors (Lipinski definition) is 3. The largest absolute Gasteiger partial charge is 0.497 e. The molecule has 0 spiro atoms. The molecule has 1 heterocycles. The van der Waals surface area contributed by atoms with E-state index in [1.54, 1.807) is 6.07 Å². The predicted molar refractivity (Wildman–Crippen MR) is 70.9 cm³/mol. The van der Waals surface area contributed by atoms with Crippen molar-refractivity contribution in [2.24, 2.45) is 0 Å². The lowest BCUT2D eigenvalue weighted by Crippen LogP contribution is -2.44. The van der Waals surface area contributed by atoms with Crippen LogP contribution in [0.2, 0.25) is 0 Å². The van der Waals surface area contributed by atoms with E-state index < -0.39 is 11.7 Å². The minimum absolute atomic E-state index is 0.0618. The molecular weight excluding hydrogens is 269 g/mol. The van der Waals surface area contributed by atoms with Gasteiger partial charge in [-0.15, -0.1) is 0 Å². The van der Waals surface area contributed by atoms with Gasteiger partial charge in [0.2, 0.25) is 0 Å². The van der Waals surface area contributed by atoms with Crippen molar-refractivity contribution in [2.75, 3.05) is 33.3 Å². The number of nitrogens with zero attached hydrogens (tertiary/aromatic N) is 1. The van der Waals surface area contributed by atoms with Crippen LogP contribution in [-0.2, 0) is 6.18 Å². The molecule has 1 aromatic carbocycles. The molecule has 1 aliphatic rings. The van der Waals surface area contributed by atoms with E-state index in [9.17, 15) is 13.2 Å². The van der Waals surface area contributed by atoms with Crippen LogP contribution in [0.3, 0.4) is 0 Å². The van der Waals surface area contributed by atoms with Gasteiger partial charge < -0.3 is 10.1 Å². The summed E-state index contributed by atoms with van der Waals surface area (Å²) >= 11 is 0. The van der Waals surface area contributed by atoms with Crippen LogP contribution in [-0.4, -0.2) is 38.2 Å². The van der Waals surface area contributed by atoms with Gasteiger partial charge in [0.05, 0.1) is 12.7 Å². The van der Waals surface area contributed by atoms with Crippen molar-refractivity contribution in [1.82, 2.24) is 10.2 Å². The predicted octanol–water partition coefficient (Wildman–Crippen LogP) is 2.68. The second-order valence-electron chi connectivity index (χ2n) is 4.95. The Hall–Kier alpha value is -1.27. The zero-order chi connectivity index (χ0) is 14.8. The van der Waals surface area contributed by atoms with E-state index in [0.29, 0.717) is 5.56 Å². The number of methoxy groups -OCH3 is 1. The van der Waals surface area contributed by atoms with E-state index >= 15 is 0 Å². The lowest BCUT2D eigenvalue weighted by Gasteiger charge is -2.33. The molecule has 3 nitrogen and oxygen atoms in total. The first-order valence-corrected chi connectivity index (χ1v) is 6.63. The third kappa shape index (κ3) is 3.43. The van der Waals surface area contributed by atoms with E-state index in [4.69, 9.17) is 4.74 Å². The molecule has 0 radical (unpaired) electrons. The number of rotatable bonds is 3. The standard InChI is InChI=1S/C14H19F3N2O/c1-10(19-5-3-18-4-6-19)11-7-12(14(15,16)17)9-13(8-11)20-2/h7-10,18H,3-6H2,1-2H3/t10-/m0/s1. The van der Waals surface area contributed by atoms with E-state index in [1.807, 2.05) is 6.92 Å². The highest BCUT2D eigenvalue weighted by molar-refractivity contribution is 5.37. The topological polar surface area (TPSA) is 24.5 Å².